The number of carbonyl (C=O) groups is 1. The molecule has 5 nitrogen and oxygen atoms in total. The summed E-state index contributed by atoms with van der Waals surface area (Å²) in [5.41, 5.74) is 2.08. The van der Waals surface area contributed by atoms with Gasteiger partial charge in [0.05, 0.1) is 22.7 Å². The Morgan fingerprint density at radius 2 is 2.19 bits per heavy atom. The van der Waals surface area contributed by atoms with Gasteiger partial charge in [-0.1, -0.05) is 6.92 Å². The highest BCUT2D eigenvalue weighted by Crippen LogP contribution is 2.38. The summed E-state index contributed by atoms with van der Waals surface area (Å²) in [6.07, 6.45) is 3.20. The van der Waals surface area contributed by atoms with Gasteiger partial charge in [0.1, 0.15) is 5.82 Å². The number of aryl methyl sites for hydroxylation is 1. The van der Waals surface area contributed by atoms with Gasteiger partial charge in [0.15, 0.2) is 0 Å². The first kappa shape index (κ1) is 14.1. The first-order valence-corrected chi connectivity index (χ1v) is 7.49. The van der Waals surface area contributed by atoms with E-state index in [0.717, 1.165) is 42.7 Å². The summed E-state index contributed by atoms with van der Waals surface area (Å²) < 4.78 is 7.89. The third-order valence-corrected chi connectivity index (χ3v) is 4.16. The topological polar surface area (TPSA) is 64.4 Å². The van der Waals surface area contributed by atoms with Crippen LogP contribution in [0.5, 0.6) is 0 Å². The SMILES string of the molecule is CCOC1CC(n2c(CC)nc3cc(C(=O)O)ccc32)C1. The maximum atomic E-state index is 11.1. The normalized spacial score (nSPS) is 21.4. The van der Waals surface area contributed by atoms with Crippen LogP contribution in [0.25, 0.3) is 11.0 Å². The fourth-order valence-corrected chi connectivity index (χ4v) is 3.06. The van der Waals surface area contributed by atoms with Crippen molar-refractivity contribution in [3.63, 3.8) is 0 Å². The van der Waals surface area contributed by atoms with E-state index in [-0.39, 0.29) is 5.56 Å². The summed E-state index contributed by atoms with van der Waals surface area (Å²) in [5, 5.41) is 9.09. The van der Waals surface area contributed by atoms with E-state index >= 15 is 0 Å². The number of hydrogen-bond acceptors (Lipinski definition) is 3. The van der Waals surface area contributed by atoms with Crippen molar-refractivity contribution in [3.8, 4) is 0 Å². The highest BCUT2D eigenvalue weighted by Gasteiger charge is 2.33. The second-order valence-corrected chi connectivity index (χ2v) is 5.46. The molecular formula is C16H20N2O3. The maximum Gasteiger partial charge on any atom is 0.335 e. The fraction of sp³-hybridized carbons (Fsp3) is 0.500. The van der Waals surface area contributed by atoms with Gasteiger partial charge in [-0.2, -0.15) is 0 Å². The average Bonchev–Trinajstić information content (AvgIpc) is 2.79. The van der Waals surface area contributed by atoms with Crippen LogP contribution < -0.4 is 0 Å². The predicted octanol–water partition coefficient (Wildman–Crippen LogP) is 3.04. The fourth-order valence-electron chi connectivity index (χ4n) is 3.06. The molecule has 1 saturated carbocycles. The molecule has 3 rings (SSSR count). The molecule has 0 bridgehead atoms. The van der Waals surface area contributed by atoms with Crippen LogP contribution in [0.4, 0.5) is 0 Å². The van der Waals surface area contributed by atoms with Crippen molar-refractivity contribution in [2.45, 2.75) is 45.3 Å². The van der Waals surface area contributed by atoms with Crippen molar-refractivity contribution in [1.82, 2.24) is 9.55 Å². The lowest BCUT2D eigenvalue weighted by Crippen LogP contribution is -2.34. The van der Waals surface area contributed by atoms with Crippen molar-refractivity contribution >= 4 is 17.0 Å². The van der Waals surface area contributed by atoms with Crippen molar-refractivity contribution in [1.29, 1.82) is 0 Å². The Morgan fingerprint density at radius 3 is 2.81 bits per heavy atom. The Balaban J connectivity index is 1.96. The molecule has 112 valence electrons. The number of nitrogens with zero attached hydrogens (tertiary/aromatic N) is 2. The molecule has 1 aliphatic carbocycles. The molecule has 21 heavy (non-hydrogen) atoms. The minimum absolute atomic E-state index is 0.288. The van der Waals surface area contributed by atoms with Crippen LogP contribution in [0, 0.1) is 0 Å². The molecule has 0 amide bonds. The van der Waals surface area contributed by atoms with Crippen LogP contribution in [-0.4, -0.2) is 33.3 Å². The van der Waals surface area contributed by atoms with Crippen molar-refractivity contribution in [3.05, 3.63) is 29.6 Å². The van der Waals surface area contributed by atoms with Crippen molar-refractivity contribution in [2.24, 2.45) is 0 Å². The molecular weight excluding hydrogens is 268 g/mol. The minimum Gasteiger partial charge on any atom is -0.478 e. The molecule has 1 heterocycles. The zero-order valence-corrected chi connectivity index (χ0v) is 12.4. The van der Waals surface area contributed by atoms with Crippen LogP contribution in [0.15, 0.2) is 18.2 Å². The average molecular weight is 288 g/mol. The number of rotatable bonds is 5. The van der Waals surface area contributed by atoms with Crippen LogP contribution in [0.1, 0.15) is 48.9 Å². The van der Waals surface area contributed by atoms with E-state index in [2.05, 4.69) is 16.5 Å². The largest absolute Gasteiger partial charge is 0.478 e. The molecule has 1 aliphatic rings. The Hall–Kier alpha value is -1.88. The summed E-state index contributed by atoms with van der Waals surface area (Å²) in [4.78, 5) is 15.7. The van der Waals surface area contributed by atoms with Gasteiger partial charge in [0.25, 0.3) is 0 Å². The first-order chi connectivity index (χ1) is 10.1. The zero-order valence-electron chi connectivity index (χ0n) is 12.4. The number of imidazole rings is 1. The molecule has 0 radical (unpaired) electrons. The molecule has 0 saturated heterocycles. The Bertz CT molecular complexity index is 671. The smallest absolute Gasteiger partial charge is 0.335 e. The molecule has 2 aromatic rings. The lowest BCUT2D eigenvalue weighted by molar-refractivity contribution is -0.0193. The number of carboxylic acids is 1. The monoisotopic (exact) mass is 288 g/mol. The Morgan fingerprint density at radius 1 is 1.43 bits per heavy atom. The van der Waals surface area contributed by atoms with E-state index in [4.69, 9.17) is 9.84 Å². The quantitative estimate of drug-likeness (QED) is 0.918. The van der Waals surface area contributed by atoms with Gasteiger partial charge in [-0.05, 0) is 38.0 Å². The number of ether oxygens (including phenoxy) is 1. The second kappa shape index (κ2) is 5.48. The third kappa shape index (κ3) is 2.42. The minimum atomic E-state index is -0.912. The molecule has 0 unspecified atom stereocenters. The van der Waals surface area contributed by atoms with Crippen LogP contribution >= 0.6 is 0 Å². The van der Waals surface area contributed by atoms with E-state index in [1.165, 1.54) is 0 Å². The highest BCUT2D eigenvalue weighted by molar-refractivity contribution is 5.92. The molecule has 1 N–H and O–H groups in total. The third-order valence-electron chi connectivity index (χ3n) is 4.16. The molecule has 1 aromatic heterocycles. The summed E-state index contributed by atoms with van der Waals surface area (Å²) in [6, 6.07) is 5.60. The van der Waals surface area contributed by atoms with Crippen molar-refractivity contribution < 1.29 is 14.6 Å². The number of benzene rings is 1. The van der Waals surface area contributed by atoms with Gasteiger partial charge in [-0.3, -0.25) is 0 Å². The molecule has 1 fully saturated rings. The first-order valence-electron chi connectivity index (χ1n) is 7.49. The van der Waals surface area contributed by atoms with E-state index in [0.29, 0.717) is 12.1 Å². The molecule has 1 aromatic carbocycles. The second-order valence-electron chi connectivity index (χ2n) is 5.46. The van der Waals surface area contributed by atoms with Gasteiger partial charge in [0.2, 0.25) is 0 Å². The summed E-state index contributed by atoms with van der Waals surface area (Å²) in [5.74, 6) is 0.108. The van der Waals surface area contributed by atoms with E-state index in [1.54, 1.807) is 12.1 Å². The van der Waals surface area contributed by atoms with Gasteiger partial charge in [0, 0.05) is 19.1 Å². The lowest BCUT2D eigenvalue weighted by Gasteiger charge is -2.37. The number of carboxylic acid groups (broad SMARTS) is 1. The lowest BCUT2D eigenvalue weighted by atomic mass is 9.88. The van der Waals surface area contributed by atoms with E-state index in [9.17, 15) is 4.79 Å². The number of fused-ring (bicyclic) bond motifs is 1. The van der Waals surface area contributed by atoms with Gasteiger partial charge >= 0.3 is 5.97 Å². The van der Waals surface area contributed by atoms with Crippen LogP contribution in [0.3, 0.4) is 0 Å². The summed E-state index contributed by atoms with van der Waals surface area (Å²) in [7, 11) is 0. The molecule has 5 heteroatoms. The maximum absolute atomic E-state index is 11.1. The summed E-state index contributed by atoms with van der Waals surface area (Å²) in [6.45, 7) is 4.85. The van der Waals surface area contributed by atoms with Gasteiger partial charge in [-0.15, -0.1) is 0 Å². The summed E-state index contributed by atoms with van der Waals surface area (Å²) >= 11 is 0. The number of aromatic nitrogens is 2. The molecule has 0 spiro atoms. The number of hydrogen-bond donors (Lipinski definition) is 1. The van der Waals surface area contributed by atoms with Gasteiger partial charge in [-0.25, -0.2) is 9.78 Å². The predicted molar refractivity (Wildman–Crippen MR) is 79.8 cm³/mol. The Kier molecular flexibility index (Phi) is 3.68. The van der Waals surface area contributed by atoms with E-state index in [1.807, 2.05) is 13.0 Å². The van der Waals surface area contributed by atoms with Crippen LogP contribution in [0.2, 0.25) is 0 Å². The molecule has 0 atom stereocenters. The van der Waals surface area contributed by atoms with Crippen LogP contribution in [-0.2, 0) is 11.2 Å². The highest BCUT2D eigenvalue weighted by atomic mass is 16.5. The Labute approximate surface area is 123 Å². The van der Waals surface area contributed by atoms with Crippen molar-refractivity contribution in [2.75, 3.05) is 6.61 Å². The molecule has 0 aliphatic heterocycles. The number of aromatic carboxylic acids is 1. The van der Waals surface area contributed by atoms with E-state index < -0.39 is 5.97 Å². The van der Waals surface area contributed by atoms with Gasteiger partial charge < -0.3 is 14.4 Å². The standard InChI is InChI=1S/C16H20N2O3/c1-3-15-17-13-7-10(16(19)20)5-6-14(13)18(15)11-8-12(9-11)21-4-2/h5-7,11-12H,3-4,8-9H2,1-2H3,(H,19,20). The zero-order chi connectivity index (χ0) is 15.0.